The number of aromatic nitrogens is 2. The average Bonchev–Trinajstić information content (AvgIpc) is 3.48. The van der Waals surface area contributed by atoms with E-state index in [0.29, 0.717) is 43.4 Å². The number of para-hydroxylation sites is 1. The molecule has 0 spiro atoms. The molecule has 7 nitrogen and oxygen atoms in total. The van der Waals surface area contributed by atoms with Crippen LogP contribution < -0.4 is 4.74 Å². The minimum Gasteiger partial charge on any atom is -0.468 e. The summed E-state index contributed by atoms with van der Waals surface area (Å²) in [6.07, 6.45) is 0.859. The Bertz CT molecular complexity index is 1250. The van der Waals surface area contributed by atoms with Crippen molar-refractivity contribution in [2.45, 2.75) is 33.0 Å². The summed E-state index contributed by atoms with van der Waals surface area (Å²) in [6.45, 7) is 5.42. The lowest BCUT2D eigenvalue weighted by molar-refractivity contribution is 0.0166. The normalized spacial score (nSPS) is 12.3. The zero-order valence-electron chi connectivity index (χ0n) is 20.2. The number of hydrogen-bond acceptors (Lipinski definition) is 6. The molecule has 1 N–H and O–H groups in total. The highest BCUT2D eigenvalue weighted by molar-refractivity contribution is 5.43. The molecule has 0 bridgehead atoms. The van der Waals surface area contributed by atoms with E-state index in [4.69, 9.17) is 13.9 Å². The smallest absolute Gasteiger partial charge is 0.227 e. The fraction of sp³-hybridized carbons (Fsp3) is 0.296. The maximum absolute atomic E-state index is 14.5. The zero-order chi connectivity index (χ0) is 25.5. The molecule has 0 aliphatic heterocycles. The van der Waals surface area contributed by atoms with Gasteiger partial charge in [0.05, 0.1) is 42.5 Å². The van der Waals surface area contributed by atoms with Crippen molar-refractivity contribution < 1.29 is 27.8 Å². The molecular weight excluding hydrogens is 468 g/mol. The number of rotatable bonds is 12. The van der Waals surface area contributed by atoms with Crippen molar-refractivity contribution in [1.82, 2.24) is 14.7 Å². The highest BCUT2D eigenvalue weighted by atomic mass is 19.1. The summed E-state index contributed by atoms with van der Waals surface area (Å²) in [7, 11) is 0. The number of ether oxygens (including phenoxy) is 2. The van der Waals surface area contributed by atoms with E-state index >= 15 is 0 Å². The number of aryl methyl sites for hydroxylation is 1. The molecule has 0 fully saturated rings. The van der Waals surface area contributed by atoms with Gasteiger partial charge in [-0.2, -0.15) is 5.10 Å². The molecule has 0 aliphatic carbocycles. The van der Waals surface area contributed by atoms with Gasteiger partial charge in [-0.15, -0.1) is 0 Å². The van der Waals surface area contributed by atoms with E-state index in [1.54, 1.807) is 17.0 Å². The van der Waals surface area contributed by atoms with Gasteiger partial charge in [0.25, 0.3) is 0 Å². The fourth-order valence-electron chi connectivity index (χ4n) is 3.87. The summed E-state index contributed by atoms with van der Waals surface area (Å²) in [6, 6.07) is 16.1. The standard InChI is InChI=1S/C27H29F2N3O4/c1-3-34-18-22(33)15-31(16-23-10-7-13-35-23)17-24-19(2)30-32(21-8-5-4-6-9-21)27(24)36-26-12-11-20(28)14-25(26)29/h4-14,22,33H,3,15-18H2,1-2H3/t22-/m1/s1. The SMILES string of the molecule is CCOC[C@H](O)CN(Cc1ccco1)Cc1c(C)nn(-c2ccccc2)c1Oc1ccc(F)cc1F. The van der Waals surface area contributed by atoms with Gasteiger partial charge in [-0.3, -0.25) is 4.90 Å². The van der Waals surface area contributed by atoms with Crippen LogP contribution in [-0.2, 0) is 17.8 Å². The van der Waals surface area contributed by atoms with Crippen LogP contribution >= 0.6 is 0 Å². The summed E-state index contributed by atoms with van der Waals surface area (Å²) in [5.74, 6) is -0.616. The molecule has 2 aromatic heterocycles. The molecule has 36 heavy (non-hydrogen) atoms. The number of aliphatic hydroxyl groups is 1. The predicted molar refractivity (Wildman–Crippen MR) is 130 cm³/mol. The molecule has 0 saturated carbocycles. The quantitative estimate of drug-likeness (QED) is 0.289. The number of benzene rings is 2. The van der Waals surface area contributed by atoms with Crippen LogP contribution in [0, 0.1) is 18.6 Å². The molecular formula is C27H29F2N3O4. The van der Waals surface area contributed by atoms with Crippen molar-refractivity contribution in [1.29, 1.82) is 0 Å². The van der Waals surface area contributed by atoms with E-state index in [1.165, 1.54) is 6.07 Å². The van der Waals surface area contributed by atoms with Gasteiger partial charge in [0.2, 0.25) is 5.88 Å². The van der Waals surface area contributed by atoms with Crippen LogP contribution in [0.1, 0.15) is 23.9 Å². The van der Waals surface area contributed by atoms with Crippen molar-refractivity contribution in [2.75, 3.05) is 19.8 Å². The lowest BCUT2D eigenvalue weighted by Crippen LogP contribution is -2.34. The first-order valence-electron chi connectivity index (χ1n) is 11.7. The minimum absolute atomic E-state index is 0.122. The van der Waals surface area contributed by atoms with Gasteiger partial charge in [0, 0.05) is 25.8 Å². The highest BCUT2D eigenvalue weighted by Gasteiger charge is 2.24. The molecule has 190 valence electrons. The van der Waals surface area contributed by atoms with Crippen LogP contribution in [0.4, 0.5) is 8.78 Å². The van der Waals surface area contributed by atoms with Crippen molar-refractivity contribution in [3.8, 4) is 17.3 Å². The third kappa shape index (κ3) is 6.37. The molecule has 2 heterocycles. The molecule has 1 atom stereocenters. The highest BCUT2D eigenvalue weighted by Crippen LogP contribution is 2.33. The molecule has 4 rings (SSSR count). The first-order valence-corrected chi connectivity index (χ1v) is 11.7. The fourth-order valence-corrected chi connectivity index (χ4v) is 3.87. The Morgan fingerprint density at radius 2 is 1.89 bits per heavy atom. The van der Waals surface area contributed by atoms with E-state index in [1.807, 2.05) is 55.1 Å². The van der Waals surface area contributed by atoms with Gasteiger partial charge in [-0.1, -0.05) is 18.2 Å². The number of hydrogen-bond donors (Lipinski definition) is 1. The van der Waals surface area contributed by atoms with Crippen LogP contribution in [0.25, 0.3) is 5.69 Å². The largest absolute Gasteiger partial charge is 0.468 e. The third-order valence-corrected chi connectivity index (χ3v) is 5.56. The molecule has 0 unspecified atom stereocenters. The van der Waals surface area contributed by atoms with Crippen molar-refractivity contribution in [3.05, 3.63) is 95.6 Å². The van der Waals surface area contributed by atoms with Gasteiger partial charge in [-0.05, 0) is 50.2 Å². The lowest BCUT2D eigenvalue weighted by atomic mass is 10.2. The lowest BCUT2D eigenvalue weighted by Gasteiger charge is -2.24. The van der Waals surface area contributed by atoms with E-state index in [9.17, 15) is 13.9 Å². The van der Waals surface area contributed by atoms with Gasteiger partial charge in [-0.25, -0.2) is 13.5 Å². The summed E-state index contributed by atoms with van der Waals surface area (Å²) < 4.78 is 46.6. The molecule has 0 saturated heterocycles. The van der Waals surface area contributed by atoms with Crippen molar-refractivity contribution in [2.24, 2.45) is 0 Å². The monoisotopic (exact) mass is 497 g/mol. The van der Waals surface area contributed by atoms with Gasteiger partial charge in [0.15, 0.2) is 11.6 Å². The predicted octanol–water partition coefficient (Wildman–Crippen LogP) is 5.24. The first kappa shape index (κ1) is 25.6. The van der Waals surface area contributed by atoms with Crippen molar-refractivity contribution >= 4 is 0 Å². The Morgan fingerprint density at radius 1 is 1.08 bits per heavy atom. The van der Waals surface area contributed by atoms with Gasteiger partial charge < -0.3 is 19.0 Å². The second-order valence-corrected chi connectivity index (χ2v) is 8.36. The number of halogens is 2. The van der Waals surface area contributed by atoms with Gasteiger partial charge >= 0.3 is 0 Å². The maximum Gasteiger partial charge on any atom is 0.227 e. The number of furan rings is 1. The third-order valence-electron chi connectivity index (χ3n) is 5.56. The minimum atomic E-state index is -0.820. The Balaban J connectivity index is 1.71. The Morgan fingerprint density at radius 3 is 2.58 bits per heavy atom. The van der Waals surface area contributed by atoms with Crippen LogP contribution in [0.2, 0.25) is 0 Å². The Kier molecular flexibility index (Phi) is 8.48. The molecule has 0 amide bonds. The van der Waals surface area contributed by atoms with E-state index in [2.05, 4.69) is 5.10 Å². The number of aliphatic hydroxyl groups excluding tert-OH is 1. The molecule has 0 aliphatic rings. The van der Waals surface area contributed by atoms with Gasteiger partial charge in [0.1, 0.15) is 11.6 Å². The average molecular weight is 498 g/mol. The van der Waals surface area contributed by atoms with Crippen molar-refractivity contribution in [3.63, 3.8) is 0 Å². The molecule has 2 aromatic carbocycles. The Hall–Kier alpha value is -3.53. The topological polar surface area (TPSA) is 72.9 Å². The first-order chi connectivity index (χ1) is 17.4. The second kappa shape index (κ2) is 11.9. The van der Waals surface area contributed by atoms with Crippen LogP contribution in [0.15, 0.2) is 71.3 Å². The van der Waals surface area contributed by atoms with E-state index < -0.39 is 17.7 Å². The van der Waals surface area contributed by atoms with Crippen LogP contribution in [-0.4, -0.2) is 45.6 Å². The van der Waals surface area contributed by atoms with Crippen LogP contribution in [0.3, 0.4) is 0 Å². The molecule has 0 radical (unpaired) electrons. The zero-order valence-corrected chi connectivity index (χ0v) is 20.2. The van der Waals surface area contributed by atoms with Crippen LogP contribution in [0.5, 0.6) is 11.6 Å². The summed E-state index contributed by atoms with van der Waals surface area (Å²) >= 11 is 0. The maximum atomic E-state index is 14.5. The molecule has 9 heteroatoms. The van der Waals surface area contributed by atoms with E-state index in [-0.39, 0.29) is 12.4 Å². The summed E-state index contributed by atoms with van der Waals surface area (Å²) in [4.78, 5) is 1.98. The molecule has 4 aromatic rings. The Labute approximate surface area is 208 Å². The summed E-state index contributed by atoms with van der Waals surface area (Å²) in [5.41, 5.74) is 2.08. The van der Waals surface area contributed by atoms with E-state index in [0.717, 1.165) is 23.6 Å². The second-order valence-electron chi connectivity index (χ2n) is 8.36. The summed E-state index contributed by atoms with van der Waals surface area (Å²) in [5, 5.41) is 15.2. The number of nitrogens with zero attached hydrogens (tertiary/aromatic N) is 3.